The van der Waals surface area contributed by atoms with Gasteiger partial charge in [0.2, 0.25) is 5.91 Å². The summed E-state index contributed by atoms with van der Waals surface area (Å²) in [6, 6.07) is 14.4. The number of amides is 1. The van der Waals surface area contributed by atoms with E-state index in [0.717, 1.165) is 11.1 Å². The number of carbonyl (C=O) groups excluding carboxylic acids is 2. The van der Waals surface area contributed by atoms with Crippen molar-refractivity contribution in [1.82, 2.24) is 0 Å². The molecule has 0 fully saturated rings. The SMILES string of the molecule is COC(=O)c1cccc(NC(=O)Cc2ccccc2C)c1. The molecule has 2 aromatic carbocycles. The summed E-state index contributed by atoms with van der Waals surface area (Å²) in [5.74, 6) is -0.545. The average Bonchev–Trinajstić information content (AvgIpc) is 2.49. The first-order chi connectivity index (χ1) is 10.1. The number of hydrogen-bond acceptors (Lipinski definition) is 3. The molecule has 21 heavy (non-hydrogen) atoms. The number of hydrogen-bond donors (Lipinski definition) is 1. The molecule has 0 saturated carbocycles. The van der Waals surface area contributed by atoms with Crippen molar-refractivity contribution in [1.29, 1.82) is 0 Å². The summed E-state index contributed by atoms with van der Waals surface area (Å²) in [4.78, 5) is 23.5. The van der Waals surface area contributed by atoms with Gasteiger partial charge < -0.3 is 10.1 Å². The van der Waals surface area contributed by atoms with Crippen LogP contribution in [0, 0.1) is 6.92 Å². The minimum absolute atomic E-state index is 0.119. The van der Waals surface area contributed by atoms with E-state index >= 15 is 0 Å². The minimum Gasteiger partial charge on any atom is -0.465 e. The number of methoxy groups -OCH3 is 1. The van der Waals surface area contributed by atoms with E-state index in [1.54, 1.807) is 24.3 Å². The highest BCUT2D eigenvalue weighted by Gasteiger charge is 2.09. The predicted octanol–water partition coefficient (Wildman–Crippen LogP) is 2.96. The fourth-order valence-corrected chi connectivity index (χ4v) is 2.03. The normalized spacial score (nSPS) is 10.0. The van der Waals surface area contributed by atoms with Crippen LogP contribution in [0.25, 0.3) is 0 Å². The van der Waals surface area contributed by atoms with Gasteiger partial charge in [0.25, 0.3) is 0 Å². The molecule has 0 aromatic heterocycles. The second-order valence-electron chi connectivity index (χ2n) is 4.72. The van der Waals surface area contributed by atoms with Gasteiger partial charge in [-0.25, -0.2) is 4.79 Å². The third-order valence-electron chi connectivity index (χ3n) is 3.18. The second kappa shape index (κ2) is 6.70. The molecule has 0 atom stereocenters. The molecule has 0 aliphatic rings. The van der Waals surface area contributed by atoms with Crippen molar-refractivity contribution in [3.63, 3.8) is 0 Å². The van der Waals surface area contributed by atoms with Gasteiger partial charge in [-0.05, 0) is 36.2 Å². The van der Waals surface area contributed by atoms with Gasteiger partial charge in [-0.15, -0.1) is 0 Å². The van der Waals surface area contributed by atoms with Crippen LogP contribution in [0.3, 0.4) is 0 Å². The highest BCUT2D eigenvalue weighted by molar-refractivity contribution is 5.95. The maximum absolute atomic E-state index is 12.1. The largest absolute Gasteiger partial charge is 0.465 e. The molecule has 1 amide bonds. The lowest BCUT2D eigenvalue weighted by atomic mass is 10.1. The number of aryl methyl sites for hydroxylation is 1. The van der Waals surface area contributed by atoms with Gasteiger partial charge in [-0.2, -0.15) is 0 Å². The molecule has 1 N–H and O–H groups in total. The Balaban J connectivity index is 2.06. The molecule has 0 spiro atoms. The highest BCUT2D eigenvalue weighted by Crippen LogP contribution is 2.13. The Morgan fingerprint density at radius 2 is 1.86 bits per heavy atom. The van der Waals surface area contributed by atoms with Crippen LogP contribution in [-0.2, 0) is 16.0 Å². The van der Waals surface area contributed by atoms with Gasteiger partial charge >= 0.3 is 5.97 Å². The Labute approximate surface area is 123 Å². The van der Waals surface area contributed by atoms with Crippen LogP contribution < -0.4 is 5.32 Å². The molecule has 108 valence electrons. The first-order valence-electron chi connectivity index (χ1n) is 6.63. The van der Waals surface area contributed by atoms with Crippen molar-refractivity contribution in [3.8, 4) is 0 Å². The van der Waals surface area contributed by atoms with E-state index in [2.05, 4.69) is 10.1 Å². The number of benzene rings is 2. The summed E-state index contributed by atoms with van der Waals surface area (Å²) < 4.78 is 4.66. The van der Waals surface area contributed by atoms with E-state index in [9.17, 15) is 9.59 Å². The summed E-state index contributed by atoms with van der Waals surface area (Å²) in [7, 11) is 1.33. The summed E-state index contributed by atoms with van der Waals surface area (Å²) >= 11 is 0. The summed E-state index contributed by atoms with van der Waals surface area (Å²) in [6.45, 7) is 1.97. The second-order valence-corrected chi connectivity index (χ2v) is 4.72. The minimum atomic E-state index is -0.426. The number of ether oxygens (including phenoxy) is 1. The Morgan fingerprint density at radius 3 is 2.57 bits per heavy atom. The van der Waals surface area contributed by atoms with Crippen molar-refractivity contribution in [2.75, 3.05) is 12.4 Å². The molecular formula is C17H17NO3. The zero-order chi connectivity index (χ0) is 15.2. The van der Waals surface area contributed by atoms with Crippen LogP contribution in [-0.4, -0.2) is 19.0 Å². The number of esters is 1. The summed E-state index contributed by atoms with van der Waals surface area (Å²) in [6.07, 6.45) is 0.301. The lowest BCUT2D eigenvalue weighted by molar-refractivity contribution is -0.115. The first kappa shape index (κ1) is 14.8. The van der Waals surface area contributed by atoms with E-state index in [1.165, 1.54) is 7.11 Å². The van der Waals surface area contributed by atoms with Crippen molar-refractivity contribution in [3.05, 3.63) is 65.2 Å². The fraction of sp³-hybridized carbons (Fsp3) is 0.176. The summed E-state index contributed by atoms with van der Waals surface area (Å²) in [5, 5.41) is 2.79. The fourth-order valence-electron chi connectivity index (χ4n) is 2.03. The maximum Gasteiger partial charge on any atom is 0.337 e. The molecule has 2 rings (SSSR count). The number of nitrogens with one attached hydrogen (secondary N) is 1. The van der Waals surface area contributed by atoms with Crippen LogP contribution in [0.15, 0.2) is 48.5 Å². The topological polar surface area (TPSA) is 55.4 Å². The van der Waals surface area contributed by atoms with Crippen LogP contribution in [0.5, 0.6) is 0 Å². The van der Waals surface area contributed by atoms with Crippen LogP contribution in [0.4, 0.5) is 5.69 Å². The third kappa shape index (κ3) is 3.92. The van der Waals surface area contributed by atoms with Gasteiger partial charge in [-0.3, -0.25) is 4.79 Å². The van der Waals surface area contributed by atoms with E-state index in [0.29, 0.717) is 17.7 Å². The molecule has 0 heterocycles. The first-order valence-corrected chi connectivity index (χ1v) is 6.63. The molecule has 4 nitrogen and oxygen atoms in total. The lowest BCUT2D eigenvalue weighted by Crippen LogP contribution is -2.15. The molecule has 0 radical (unpaired) electrons. The van der Waals surface area contributed by atoms with Crippen LogP contribution in [0.2, 0.25) is 0 Å². The van der Waals surface area contributed by atoms with Gasteiger partial charge in [0.15, 0.2) is 0 Å². The van der Waals surface area contributed by atoms with Crippen LogP contribution >= 0.6 is 0 Å². The molecule has 0 aliphatic heterocycles. The van der Waals surface area contributed by atoms with Crippen molar-refractivity contribution in [2.24, 2.45) is 0 Å². The number of carbonyl (C=O) groups is 2. The van der Waals surface area contributed by atoms with Crippen molar-refractivity contribution in [2.45, 2.75) is 13.3 Å². The Kier molecular flexibility index (Phi) is 4.72. The maximum atomic E-state index is 12.1. The zero-order valence-corrected chi connectivity index (χ0v) is 12.1. The average molecular weight is 283 g/mol. The Bertz CT molecular complexity index is 665. The van der Waals surface area contributed by atoms with Crippen molar-refractivity contribution >= 4 is 17.6 Å². The molecule has 2 aromatic rings. The highest BCUT2D eigenvalue weighted by atomic mass is 16.5. The standard InChI is InChI=1S/C17H17NO3/c1-12-6-3-4-7-13(12)11-16(19)18-15-9-5-8-14(10-15)17(20)21-2/h3-10H,11H2,1-2H3,(H,18,19). The van der Waals surface area contributed by atoms with Crippen molar-refractivity contribution < 1.29 is 14.3 Å². The molecule has 0 unspecified atom stereocenters. The molecule has 0 bridgehead atoms. The van der Waals surface area contributed by atoms with E-state index < -0.39 is 5.97 Å². The van der Waals surface area contributed by atoms with E-state index in [-0.39, 0.29) is 5.91 Å². The summed E-state index contributed by atoms with van der Waals surface area (Å²) in [5.41, 5.74) is 3.05. The van der Waals surface area contributed by atoms with E-state index in [4.69, 9.17) is 0 Å². The van der Waals surface area contributed by atoms with Gasteiger partial charge in [0, 0.05) is 5.69 Å². The predicted molar refractivity (Wildman–Crippen MR) is 81.3 cm³/mol. The quantitative estimate of drug-likeness (QED) is 0.878. The molecule has 0 aliphatic carbocycles. The van der Waals surface area contributed by atoms with Gasteiger partial charge in [0.1, 0.15) is 0 Å². The molecular weight excluding hydrogens is 266 g/mol. The lowest BCUT2D eigenvalue weighted by Gasteiger charge is -2.08. The Hall–Kier alpha value is -2.62. The number of rotatable bonds is 4. The molecule has 0 saturated heterocycles. The molecule has 4 heteroatoms. The monoisotopic (exact) mass is 283 g/mol. The van der Waals surface area contributed by atoms with Gasteiger partial charge in [0.05, 0.1) is 19.1 Å². The Morgan fingerprint density at radius 1 is 1.10 bits per heavy atom. The van der Waals surface area contributed by atoms with Crippen LogP contribution in [0.1, 0.15) is 21.5 Å². The zero-order valence-electron chi connectivity index (χ0n) is 12.1. The third-order valence-corrected chi connectivity index (χ3v) is 3.18. The van der Waals surface area contributed by atoms with Gasteiger partial charge in [-0.1, -0.05) is 30.3 Å². The number of anilines is 1. The van der Waals surface area contributed by atoms with E-state index in [1.807, 2.05) is 31.2 Å². The smallest absolute Gasteiger partial charge is 0.337 e.